The molecule has 178 valence electrons. The van der Waals surface area contributed by atoms with Gasteiger partial charge in [0.15, 0.2) is 0 Å². The first kappa shape index (κ1) is 24.3. The van der Waals surface area contributed by atoms with Gasteiger partial charge in [-0.2, -0.15) is 5.26 Å². The molecule has 0 saturated carbocycles. The third-order valence-electron chi connectivity index (χ3n) is 5.94. The van der Waals surface area contributed by atoms with Gasteiger partial charge in [0.25, 0.3) is 0 Å². The Kier molecular flexibility index (Phi) is 7.66. The lowest BCUT2D eigenvalue weighted by Gasteiger charge is -2.36. The molecule has 1 aliphatic heterocycles. The van der Waals surface area contributed by atoms with E-state index in [-0.39, 0.29) is 0 Å². The molecular weight excluding hydrogens is 462 g/mol. The van der Waals surface area contributed by atoms with Gasteiger partial charge in [0.05, 0.1) is 17.8 Å². The fourth-order valence-corrected chi connectivity index (χ4v) is 5.22. The molecule has 9 nitrogen and oxygen atoms in total. The Morgan fingerprint density at radius 3 is 2.60 bits per heavy atom. The van der Waals surface area contributed by atoms with Crippen molar-refractivity contribution in [2.75, 3.05) is 31.1 Å². The number of nitrogens with two attached hydrogens (primary N) is 1. The highest BCUT2D eigenvalue weighted by Crippen LogP contribution is 2.42. The van der Waals surface area contributed by atoms with E-state index >= 15 is 0 Å². The number of rotatable bonds is 8. The molecule has 10 heteroatoms. The molecule has 1 aliphatic rings. The van der Waals surface area contributed by atoms with E-state index in [0.29, 0.717) is 53.7 Å². The molecule has 0 radical (unpaired) electrons. The number of anilines is 1. The first-order valence-electron chi connectivity index (χ1n) is 11.3. The molecule has 1 fully saturated rings. The maximum atomic E-state index is 12.3. The third kappa shape index (κ3) is 5.29. The number of piperazine rings is 1. The molecule has 2 N–H and O–H groups in total. The van der Waals surface area contributed by atoms with Crippen LogP contribution < -0.4 is 10.6 Å². The quantitative estimate of drug-likeness (QED) is 0.378. The predicted molar refractivity (Wildman–Crippen MR) is 133 cm³/mol. The van der Waals surface area contributed by atoms with Crippen LogP contribution in [0.2, 0.25) is 0 Å². The fourth-order valence-electron chi connectivity index (χ4n) is 4.17. The Labute approximate surface area is 208 Å². The molecule has 3 heterocycles. The number of pyridine rings is 1. The number of benzene rings is 1. The van der Waals surface area contributed by atoms with E-state index in [1.165, 1.54) is 0 Å². The second kappa shape index (κ2) is 11.0. The number of primary amides is 1. The van der Waals surface area contributed by atoms with Crippen molar-refractivity contribution in [2.24, 2.45) is 5.73 Å². The zero-order valence-corrected chi connectivity index (χ0v) is 20.2. The van der Waals surface area contributed by atoms with Crippen molar-refractivity contribution in [3.8, 4) is 6.07 Å². The molecule has 1 saturated heterocycles. The largest absolute Gasteiger partial charge is 0.368 e. The van der Waals surface area contributed by atoms with Crippen molar-refractivity contribution in [1.29, 1.82) is 5.26 Å². The van der Waals surface area contributed by atoms with Crippen LogP contribution >= 0.6 is 11.8 Å². The average Bonchev–Trinajstić information content (AvgIpc) is 3.40. The molecule has 0 bridgehead atoms. The maximum absolute atomic E-state index is 12.3. The van der Waals surface area contributed by atoms with Gasteiger partial charge in [-0.15, -0.1) is 0 Å². The van der Waals surface area contributed by atoms with E-state index in [2.05, 4.69) is 25.9 Å². The summed E-state index contributed by atoms with van der Waals surface area (Å²) in [5, 5.41) is 13.7. The SMILES string of the molecule is [C-]#[N+]c1c(N2CCN(Cc3ccon3)CC2)nc(SC(C(N)=O)c2ccccc2)c(C#N)c1CC. The van der Waals surface area contributed by atoms with E-state index in [1.807, 2.05) is 43.3 Å². The van der Waals surface area contributed by atoms with Crippen LogP contribution in [0.25, 0.3) is 4.85 Å². The van der Waals surface area contributed by atoms with Crippen LogP contribution in [-0.2, 0) is 17.8 Å². The molecule has 0 spiro atoms. The van der Waals surface area contributed by atoms with Crippen LogP contribution in [0.4, 0.5) is 11.5 Å². The van der Waals surface area contributed by atoms with Crippen LogP contribution in [0.1, 0.15) is 34.6 Å². The molecule has 1 atom stereocenters. The highest BCUT2D eigenvalue weighted by atomic mass is 32.2. The van der Waals surface area contributed by atoms with Gasteiger partial charge in [0.1, 0.15) is 28.4 Å². The lowest BCUT2D eigenvalue weighted by molar-refractivity contribution is -0.117. The van der Waals surface area contributed by atoms with Crippen molar-refractivity contribution in [3.63, 3.8) is 0 Å². The van der Waals surface area contributed by atoms with Gasteiger partial charge >= 0.3 is 0 Å². The number of carbonyl (C=O) groups is 1. The summed E-state index contributed by atoms with van der Waals surface area (Å²) in [6, 6.07) is 13.3. The van der Waals surface area contributed by atoms with Gasteiger partial charge in [-0.3, -0.25) is 9.69 Å². The standard InChI is InChI=1S/C25H25N7O2S/c1-3-19-20(15-26)25(35-22(23(27)33)17-7-5-4-6-8-17)29-24(21(19)28-2)32-12-10-31(11-13-32)16-18-9-14-34-30-18/h4-9,14,22H,3,10-13,16H2,1H3,(H2,27,33). The topological polar surface area (TPSA) is 117 Å². The third-order valence-corrected chi connectivity index (χ3v) is 7.20. The minimum atomic E-state index is -0.702. The van der Waals surface area contributed by atoms with Crippen molar-refractivity contribution >= 4 is 29.2 Å². The van der Waals surface area contributed by atoms with Crippen molar-refractivity contribution in [1.82, 2.24) is 15.0 Å². The summed E-state index contributed by atoms with van der Waals surface area (Å²) < 4.78 is 4.93. The molecule has 1 aromatic carbocycles. The molecule has 2 aromatic heterocycles. The number of thioether (sulfide) groups is 1. The highest BCUT2D eigenvalue weighted by Gasteiger charge is 2.28. The summed E-state index contributed by atoms with van der Waals surface area (Å²) in [6.45, 7) is 13.3. The molecule has 0 aliphatic carbocycles. The monoisotopic (exact) mass is 487 g/mol. The summed E-state index contributed by atoms with van der Waals surface area (Å²) in [4.78, 5) is 25.3. The molecule has 35 heavy (non-hydrogen) atoms. The van der Waals surface area contributed by atoms with E-state index in [9.17, 15) is 10.1 Å². The number of nitrogens with zero attached hydrogens (tertiary/aromatic N) is 6. The summed E-state index contributed by atoms with van der Waals surface area (Å²) in [7, 11) is 0. The minimum Gasteiger partial charge on any atom is -0.368 e. The number of aromatic nitrogens is 2. The van der Waals surface area contributed by atoms with Crippen LogP contribution in [0, 0.1) is 17.9 Å². The summed E-state index contributed by atoms with van der Waals surface area (Å²) in [5.41, 5.74) is 8.74. The lowest BCUT2D eigenvalue weighted by Crippen LogP contribution is -2.46. The second-order valence-corrected chi connectivity index (χ2v) is 9.18. The Morgan fingerprint density at radius 1 is 1.29 bits per heavy atom. The van der Waals surface area contributed by atoms with Gasteiger partial charge in [0.2, 0.25) is 11.6 Å². The van der Waals surface area contributed by atoms with Crippen LogP contribution in [0.15, 0.2) is 52.2 Å². The Hall–Kier alpha value is -3.86. The Bertz CT molecular complexity index is 1260. The van der Waals surface area contributed by atoms with E-state index in [4.69, 9.17) is 21.8 Å². The maximum Gasteiger partial charge on any atom is 0.235 e. The number of carbonyl (C=O) groups excluding carboxylic acids is 1. The van der Waals surface area contributed by atoms with Crippen LogP contribution in [0.5, 0.6) is 0 Å². The zero-order valence-electron chi connectivity index (χ0n) is 19.3. The number of hydrogen-bond donors (Lipinski definition) is 1. The van der Waals surface area contributed by atoms with Crippen LogP contribution in [-0.4, -0.2) is 47.1 Å². The molecular formula is C25H25N7O2S. The Morgan fingerprint density at radius 2 is 2.03 bits per heavy atom. The molecule has 1 amide bonds. The van der Waals surface area contributed by atoms with E-state index in [0.717, 1.165) is 36.1 Å². The van der Waals surface area contributed by atoms with E-state index in [1.54, 1.807) is 6.26 Å². The lowest BCUT2D eigenvalue weighted by atomic mass is 10.1. The Balaban J connectivity index is 1.66. The normalized spacial score (nSPS) is 14.8. The molecule has 3 aromatic rings. The number of hydrogen-bond acceptors (Lipinski definition) is 8. The van der Waals surface area contributed by atoms with Gasteiger partial charge in [-0.25, -0.2) is 9.83 Å². The average molecular weight is 488 g/mol. The van der Waals surface area contributed by atoms with Crippen molar-refractivity contribution in [2.45, 2.75) is 30.2 Å². The second-order valence-electron chi connectivity index (χ2n) is 8.08. The van der Waals surface area contributed by atoms with Crippen LogP contribution in [0.3, 0.4) is 0 Å². The van der Waals surface area contributed by atoms with Crippen molar-refractivity contribution < 1.29 is 9.32 Å². The smallest absolute Gasteiger partial charge is 0.235 e. The number of nitriles is 1. The highest BCUT2D eigenvalue weighted by molar-refractivity contribution is 8.00. The first-order valence-corrected chi connectivity index (χ1v) is 12.2. The zero-order chi connectivity index (χ0) is 24.8. The predicted octanol–water partition coefficient (Wildman–Crippen LogP) is 3.70. The first-order chi connectivity index (χ1) is 17.0. The molecule has 1 unspecified atom stereocenters. The number of amides is 1. The van der Waals surface area contributed by atoms with Gasteiger partial charge in [0, 0.05) is 38.8 Å². The van der Waals surface area contributed by atoms with E-state index < -0.39 is 11.2 Å². The van der Waals surface area contributed by atoms with Gasteiger partial charge < -0.3 is 15.2 Å². The minimum absolute atomic E-state index is 0.332. The van der Waals surface area contributed by atoms with Gasteiger partial charge in [-0.05, 0) is 17.5 Å². The summed E-state index contributed by atoms with van der Waals surface area (Å²) >= 11 is 1.16. The fraction of sp³-hybridized carbons (Fsp3) is 0.320. The summed E-state index contributed by atoms with van der Waals surface area (Å²) in [6.07, 6.45) is 2.07. The van der Waals surface area contributed by atoms with Crippen molar-refractivity contribution in [3.05, 3.63) is 76.5 Å². The molecule has 4 rings (SSSR count). The van der Waals surface area contributed by atoms with Gasteiger partial charge in [-0.1, -0.05) is 54.2 Å². The summed E-state index contributed by atoms with van der Waals surface area (Å²) in [5.74, 6) is 0.0398.